The summed E-state index contributed by atoms with van der Waals surface area (Å²) in [7, 11) is 0. The molecular weight excluding hydrogens is 288 g/mol. The van der Waals surface area contributed by atoms with Gasteiger partial charge in [0.1, 0.15) is 0 Å². The molecule has 3 heteroatoms. The van der Waals surface area contributed by atoms with E-state index in [-0.39, 0.29) is 0 Å². The average molecular weight is 317 g/mol. The maximum absolute atomic E-state index is 3.68. The summed E-state index contributed by atoms with van der Waals surface area (Å²) in [5.74, 6) is 0.857. The van der Waals surface area contributed by atoms with Gasteiger partial charge in [0.15, 0.2) is 0 Å². The molecule has 106 valence electrons. The number of alkyl halides is 1. The molecule has 0 aromatic carbocycles. The largest absolute Gasteiger partial charge is 0.301 e. The molecule has 2 nitrogen and oxygen atoms in total. The second-order valence-electron chi connectivity index (χ2n) is 6.11. The van der Waals surface area contributed by atoms with Crippen LogP contribution in [0.3, 0.4) is 0 Å². The predicted molar refractivity (Wildman–Crippen MR) is 82.5 cm³/mol. The van der Waals surface area contributed by atoms with Crippen molar-refractivity contribution in [1.29, 1.82) is 0 Å². The molecule has 0 spiro atoms. The highest BCUT2D eigenvalue weighted by Crippen LogP contribution is 2.22. The number of hydrogen-bond donors (Lipinski definition) is 0. The third-order valence-electron chi connectivity index (χ3n) is 4.59. The van der Waals surface area contributed by atoms with Crippen molar-refractivity contribution in [2.45, 2.75) is 51.5 Å². The molecule has 2 heterocycles. The molecule has 2 rings (SSSR count). The van der Waals surface area contributed by atoms with Crippen molar-refractivity contribution in [2.75, 3.05) is 38.1 Å². The summed E-state index contributed by atoms with van der Waals surface area (Å²) in [6, 6.07) is 0.864. The molecule has 0 radical (unpaired) electrons. The van der Waals surface area contributed by atoms with Gasteiger partial charge in [-0.15, -0.1) is 0 Å². The molecule has 2 unspecified atom stereocenters. The highest BCUT2D eigenvalue weighted by molar-refractivity contribution is 9.09. The Bertz CT molecular complexity index is 229. The fraction of sp³-hybridized carbons (Fsp3) is 1.00. The van der Waals surface area contributed by atoms with E-state index in [0.717, 1.165) is 12.0 Å². The second kappa shape index (κ2) is 7.86. The molecule has 0 saturated carbocycles. The SMILES string of the molecule is CCCC(CBr)CN1CCC(N2CCCCC2)C1. The van der Waals surface area contributed by atoms with Gasteiger partial charge in [-0.25, -0.2) is 0 Å². The highest BCUT2D eigenvalue weighted by Gasteiger charge is 2.29. The first-order chi connectivity index (χ1) is 8.83. The number of halogens is 1. The highest BCUT2D eigenvalue weighted by atomic mass is 79.9. The zero-order chi connectivity index (χ0) is 12.8. The monoisotopic (exact) mass is 316 g/mol. The number of rotatable bonds is 6. The zero-order valence-electron chi connectivity index (χ0n) is 11.9. The van der Waals surface area contributed by atoms with Crippen molar-refractivity contribution in [3.8, 4) is 0 Å². The maximum atomic E-state index is 3.68. The number of piperidine rings is 1. The van der Waals surface area contributed by atoms with Gasteiger partial charge in [0.2, 0.25) is 0 Å². The minimum absolute atomic E-state index is 0.857. The minimum atomic E-state index is 0.857. The Morgan fingerprint density at radius 2 is 1.94 bits per heavy atom. The Hall–Kier alpha value is 0.400. The van der Waals surface area contributed by atoms with Gasteiger partial charge in [-0.1, -0.05) is 35.7 Å². The van der Waals surface area contributed by atoms with E-state index in [9.17, 15) is 0 Å². The summed E-state index contributed by atoms with van der Waals surface area (Å²) in [5.41, 5.74) is 0. The van der Waals surface area contributed by atoms with Gasteiger partial charge in [-0.05, 0) is 51.2 Å². The van der Waals surface area contributed by atoms with E-state index in [0.29, 0.717) is 0 Å². The quantitative estimate of drug-likeness (QED) is 0.693. The normalized spacial score (nSPS) is 28.7. The first-order valence-electron chi connectivity index (χ1n) is 7.85. The molecule has 0 aliphatic carbocycles. The number of likely N-dealkylation sites (tertiary alicyclic amines) is 2. The Morgan fingerprint density at radius 3 is 2.61 bits per heavy atom. The van der Waals surface area contributed by atoms with Gasteiger partial charge in [0.05, 0.1) is 0 Å². The molecule has 2 aliphatic heterocycles. The third kappa shape index (κ3) is 4.21. The summed E-state index contributed by atoms with van der Waals surface area (Å²) in [4.78, 5) is 5.47. The first kappa shape index (κ1) is 14.8. The molecule has 2 aliphatic rings. The third-order valence-corrected chi connectivity index (χ3v) is 5.50. The van der Waals surface area contributed by atoms with Crippen LogP contribution in [0.2, 0.25) is 0 Å². The molecule has 18 heavy (non-hydrogen) atoms. The van der Waals surface area contributed by atoms with Crippen LogP contribution >= 0.6 is 15.9 Å². The summed E-state index contributed by atoms with van der Waals surface area (Å²) in [6.07, 6.45) is 8.40. The molecule has 0 aromatic heterocycles. The summed E-state index contributed by atoms with van der Waals surface area (Å²) >= 11 is 3.68. The van der Waals surface area contributed by atoms with Crippen LogP contribution in [-0.4, -0.2) is 53.9 Å². The van der Waals surface area contributed by atoms with Crippen molar-refractivity contribution in [3.05, 3.63) is 0 Å². The van der Waals surface area contributed by atoms with Crippen molar-refractivity contribution in [1.82, 2.24) is 9.80 Å². The standard InChI is InChI=1S/C15H29BrN2/c1-2-6-14(11-16)12-17-10-7-15(13-17)18-8-4-3-5-9-18/h14-15H,2-13H2,1H3. The van der Waals surface area contributed by atoms with Crippen molar-refractivity contribution in [2.24, 2.45) is 5.92 Å². The summed E-state index contributed by atoms with van der Waals surface area (Å²) in [5, 5.41) is 1.17. The first-order valence-corrected chi connectivity index (χ1v) is 8.98. The van der Waals surface area contributed by atoms with Crippen LogP contribution in [0.15, 0.2) is 0 Å². The number of hydrogen-bond acceptors (Lipinski definition) is 2. The average Bonchev–Trinajstić information content (AvgIpc) is 2.88. The Labute approximate surface area is 121 Å². The van der Waals surface area contributed by atoms with Gasteiger partial charge >= 0.3 is 0 Å². The molecule has 0 bridgehead atoms. The second-order valence-corrected chi connectivity index (χ2v) is 6.76. The van der Waals surface area contributed by atoms with Crippen LogP contribution in [0.1, 0.15) is 45.4 Å². The lowest BCUT2D eigenvalue weighted by molar-refractivity contribution is 0.159. The van der Waals surface area contributed by atoms with Gasteiger partial charge in [0, 0.05) is 24.5 Å². The van der Waals surface area contributed by atoms with E-state index in [2.05, 4.69) is 32.7 Å². The van der Waals surface area contributed by atoms with Gasteiger partial charge in [0.25, 0.3) is 0 Å². The van der Waals surface area contributed by atoms with Crippen LogP contribution in [-0.2, 0) is 0 Å². The van der Waals surface area contributed by atoms with Crippen molar-refractivity contribution in [3.63, 3.8) is 0 Å². The fourth-order valence-electron chi connectivity index (χ4n) is 3.55. The van der Waals surface area contributed by atoms with E-state index >= 15 is 0 Å². The molecule has 0 N–H and O–H groups in total. The van der Waals surface area contributed by atoms with Gasteiger partial charge in [-0.2, -0.15) is 0 Å². The van der Waals surface area contributed by atoms with Gasteiger partial charge < -0.3 is 4.90 Å². The van der Waals surface area contributed by atoms with E-state index in [1.807, 2.05) is 0 Å². The summed E-state index contributed by atoms with van der Waals surface area (Å²) in [6.45, 7) is 8.98. The van der Waals surface area contributed by atoms with E-state index < -0.39 is 0 Å². The van der Waals surface area contributed by atoms with E-state index in [1.165, 1.54) is 76.6 Å². The zero-order valence-corrected chi connectivity index (χ0v) is 13.5. The molecular formula is C15H29BrN2. The molecule has 2 saturated heterocycles. The van der Waals surface area contributed by atoms with Crippen LogP contribution < -0.4 is 0 Å². The van der Waals surface area contributed by atoms with Crippen LogP contribution in [0.5, 0.6) is 0 Å². The lowest BCUT2D eigenvalue weighted by atomic mass is 10.1. The van der Waals surface area contributed by atoms with Crippen LogP contribution in [0.25, 0.3) is 0 Å². The number of nitrogens with zero attached hydrogens (tertiary/aromatic N) is 2. The predicted octanol–water partition coefficient (Wildman–Crippen LogP) is 3.36. The topological polar surface area (TPSA) is 6.48 Å². The van der Waals surface area contributed by atoms with Crippen molar-refractivity contribution >= 4 is 15.9 Å². The maximum Gasteiger partial charge on any atom is 0.0235 e. The molecule has 0 amide bonds. The minimum Gasteiger partial charge on any atom is -0.301 e. The van der Waals surface area contributed by atoms with Crippen molar-refractivity contribution < 1.29 is 0 Å². The molecule has 0 aromatic rings. The fourth-order valence-corrected chi connectivity index (χ4v) is 4.08. The molecule has 2 atom stereocenters. The Morgan fingerprint density at radius 1 is 1.17 bits per heavy atom. The smallest absolute Gasteiger partial charge is 0.0235 e. The Kier molecular flexibility index (Phi) is 6.46. The Balaban J connectivity index is 1.73. The van der Waals surface area contributed by atoms with Gasteiger partial charge in [-0.3, -0.25) is 4.90 Å². The van der Waals surface area contributed by atoms with Crippen LogP contribution in [0, 0.1) is 5.92 Å². The van der Waals surface area contributed by atoms with E-state index in [1.54, 1.807) is 0 Å². The lowest BCUT2D eigenvalue weighted by Gasteiger charge is -2.32. The van der Waals surface area contributed by atoms with Crippen LogP contribution in [0.4, 0.5) is 0 Å². The lowest BCUT2D eigenvalue weighted by Crippen LogP contribution is -2.41. The summed E-state index contributed by atoms with van der Waals surface area (Å²) < 4.78 is 0. The molecule has 2 fully saturated rings. The van der Waals surface area contributed by atoms with E-state index in [4.69, 9.17) is 0 Å².